The zero-order valence-corrected chi connectivity index (χ0v) is 20.6. The van der Waals surface area contributed by atoms with Crippen molar-refractivity contribution in [3.63, 3.8) is 0 Å². The van der Waals surface area contributed by atoms with Crippen LogP contribution in [0.2, 0.25) is 0 Å². The first-order valence-electron chi connectivity index (χ1n) is 11.1. The second kappa shape index (κ2) is 9.55. The van der Waals surface area contributed by atoms with Crippen molar-refractivity contribution in [1.82, 2.24) is 19.5 Å². The van der Waals surface area contributed by atoms with Crippen LogP contribution in [0.25, 0.3) is 22.4 Å². The van der Waals surface area contributed by atoms with Crippen LogP contribution in [0, 0.1) is 6.92 Å². The third-order valence-corrected chi connectivity index (χ3v) is 8.11. The number of rotatable bonds is 5. The topological polar surface area (TPSA) is 106 Å². The van der Waals surface area contributed by atoms with Crippen LogP contribution in [-0.4, -0.2) is 35.0 Å². The Labute approximate surface area is 207 Å². The number of pyridine rings is 1. The number of benzene rings is 2. The Bertz CT molecular complexity index is 1480. The number of aryl methyl sites for hydroxylation is 2. The van der Waals surface area contributed by atoms with E-state index >= 15 is 0 Å². The molecule has 5 rings (SSSR count). The van der Waals surface area contributed by atoms with Crippen LogP contribution in [0.5, 0.6) is 0 Å². The summed E-state index contributed by atoms with van der Waals surface area (Å²) in [7, 11) is -3.99. The molecule has 1 aliphatic heterocycles. The van der Waals surface area contributed by atoms with Gasteiger partial charge in [0, 0.05) is 41.5 Å². The lowest BCUT2D eigenvalue weighted by Crippen LogP contribution is -2.34. The van der Waals surface area contributed by atoms with Crippen molar-refractivity contribution in [1.29, 1.82) is 0 Å². The van der Waals surface area contributed by atoms with Gasteiger partial charge in [-0.1, -0.05) is 29.8 Å². The summed E-state index contributed by atoms with van der Waals surface area (Å²) in [6.45, 7) is 2.70. The van der Waals surface area contributed by atoms with Crippen molar-refractivity contribution < 1.29 is 13.2 Å². The lowest BCUT2D eigenvalue weighted by molar-refractivity contribution is 0.256. The molecule has 0 radical (unpaired) electrons. The molecule has 2 aromatic carbocycles. The van der Waals surface area contributed by atoms with Gasteiger partial charge in [0.25, 0.3) is 10.0 Å². The van der Waals surface area contributed by atoms with Crippen molar-refractivity contribution in [2.75, 3.05) is 11.1 Å². The van der Waals surface area contributed by atoms with Crippen LogP contribution < -0.4 is 10.0 Å². The molecule has 0 aliphatic carbocycles. The minimum Gasteiger partial charge on any atom is -0.307 e. The van der Waals surface area contributed by atoms with E-state index in [2.05, 4.69) is 15.0 Å². The van der Waals surface area contributed by atoms with Gasteiger partial charge in [0.1, 0.15) is 10.7 Å². The fourth-order valence-corrected chi connectivity index (χ4v) is 5.92. The molecule has 0 spiro atoms. The third-order valence-electron chi connectivity index (χ3n) is 5.58. The highest BCUT2D eigenvalue weighted by Crippen LogP contribution is 2.41. The van der Waals surface area contributed by atoms with Gasteiger partial charge in [-0.3, -0.25) is 9.67 Å². The van der Waals surface area contributed by atoms with Gasteiger partial charge in [-0.2, -0.15) is 5.10 Å². The predicted octanol–water partition coefficient (Wildman–Crippen LogP) is 4.93. The van der Waals surface area contributed by atoms with E-state index in [0.717, 1.165) is 51.7 Å². The Balaban J connectivity index is 1.42. The van der Waals surface area contributed by atoms with Gasteiger partial charge in [-0.05, 0) is 55.3 Å². The van der Waals surface area contributed by atoms with Gasteiger partial charge in [0.05, 0.1) is 4.90 Å². The normalized spacial score (nSPS) is 13.2. The monoisotopic (exact) mass is 505 g/mol. The van der Waals surface area contributed by atoms with Crippen LogP contribution in [0.4, 0.5) is 10.5 Å². The molecule has 35 heavy (non-hydrogen) atoms. The van der Waals surface area contributed by atoms with Gasteiger partial charge in [0.15, 0.2) is 0 Å². The Morgan fingerprint density at radius 1 is 1.03 bits per heavy atom. The quantitative estimate of drug-likeness (QED) is 0.399. The largest absolute Gasteiger partial charge is 0.333 e. The van der Waals surface area contributed by atoms with Crippen LogP contribution in [0.1, 0.15) is 12.0 Å². The van der Waals surface area contributed by atoms with Crippen molar-refractivity contribution in [3.05, 3.63) is 78.6 Å². The van der Waals surface area contributed by atoms with E-state index in [4.69, 9.17) is 5.10 Å². The first kappa shape index (κ1) is 23.1. The van der Waals surface area contributed by atoms with Crippen molar-refractivity contribution in [3.8, 4) is 22.4 Å². The number of carbonyl (C=O) groups excluding carboxylic acids is 1. The molecule has 0 fully saturated rings. The summed E-state index contributed by atoms with van der Waals surface area (Å²) in [6.07, 6.45) is 4.56. The van der Waals surface area contributed by atoms with Crippen LogP contribution in [0.15, 0.2) is 83.0 Å². The number of amides is 2. The number of nitrogens with zero attached hydrogens (tertiary/aromatic N) is 3. The van der Waals surface area contributed by atoms with Gasteiger partial charge < -0.3 is 5.32 Å². The Hall–Kier alpha value is -3.63. The first-order chi connectivity index (χ1) is 16.9. The molecule has 0 atom stereocenters. The van der Waals surface area contributed by atoms with Gasteiger partial charge >= 0.3 is 6.03 Å². The molecule has 2 aromatic heterocycles. The van der Waals surface area contributed by atoms with Gasteiger partial charge in [-0.15, -0.1) is 11.8 Å². The van der Waals surface area contributed by atoms with E-state index in [0.29, 0.717) is 5.69 Å². The zero-order chi connectivity index (χ0) is 24.4. The summed E-state index contributed by atoms with van der Waals surface area (Å²) < 4.78 is 29.2. The third kappa shape index (κ3) is 4.94. The molecule has 0 saturated carbocycles. The molecule has 2 amide bonds. The lowest BCUT2D eigenvalue weighted by Gasteiger charge is -2.14. The average Bonchev–Trinajstić information content (AvgIpc) is 3.24. The molecular formula is C25H23N5O3S2. The number of anilines is 1. The molecule has 10 heteroatoms. The Morgan fingerprint density at radius 3 is 2.57 bits per heavy atom. The second-order valence-corrected chi connectivity index (χ2v) is 10.9. The van der Waals surface area contributed by atoms with Crippen molar-refractivity contribution >= 4 is 33.5 Å². The summed E-state index contributed by atoms with van der Waals surface area (Å²) in [5, 5.41) is 8.62. The average molecular weight is 506 g/mol. The van der Waals surface area contributed by atoms with Crippen LogP contribution >= 0.6 is 11.8 Å². The Morgan fingerprint density at radius 2 is 1.80 bits per heavy atom. The van der Waals surface area contributed by atoms with E-state index in [1.165, 1.54) is 12.1 Å². The van der Waals surface area contributed by atoms with Crippen LogP contribution in [0.3, 0.4) is 0 Å². The number of aromatic nitrogens is 3. The summed E-state index contributed by atoms with van der Waals surface area (Å²) in [6, 6.07) is 16.6. The maximum Gasteiger partial charge on any atom is 0.333 e. The lowest BCUT2D eigenvalue weighted by atomic mass is 10.0. The second-order valence-electron chi connectivity index (χ2n) is 8.14. The zero-order valence-electron chi connectivity index (χ0n) is 18.9. The summed E-state index contributed by atoms with van der Waals surface area (Å²) in [4.78, 5) is 16.7. The maximum absolute atomic E-state index is 12.6. The number of urea groups is 1. The summed E-state index contributed by atoms with van der Waals surface area (Å²) in [5.41, 5.74) is 5.05. The first-order valence-corrected chi connectivity index (χ1v) is 13.5. The fraction of sp³-hybridized carbons (Fsp3) is 0.160. The van der Waals surface area contributed by atoms with Crippen LogP contribution in [-0.2, 0) is 16.6 Å². The SMILES string of the molecule is Cc1ccc(S(=O)(=O)NC(=O)Nc2cccc(-c3nn4c(c3-c3ccncc3)SCCC4)c2)cc1. The van der Waals surface area contributed by atoms with Gasteiger partial charge in [-0.25, -0.2) is 17.9 Å². The van der Waals surface area contributed by atoms with E-state index < -0.39 is 16.1 Å². The minimum atomic E-state index is -3.99. The molecule has 8 nitrogen and oxygen atoms in total. The maximum atomic E-state index is 12.6. The molecule has 3 heterocycles. The molecule has 4 aromatic rings. The highest BCUT2D eigenvalue weighted by Gasteiger charge is 2.24. The summed E-state index contributed by atoms with van der Waals surface area (Å²) in [5.74, 6) is 1.03. The minimum absolute atomic E-state index is 0.0232. The Kier molecular flexibility index (Phi) is 6.31. The smallest absolute Gasteiger partial charge is 0.307 e. The van der Waals surface area contributed by atoms with E-state index in [9.17, 15) is 13.2 Å². The molecule has 0 saturated heterocycles. The fourth-order valence-electron chi connectivity index (χ4n) is 3.91. The summed E-state index contributed by atoms with van der Waals surface area (Å²) >= 11 is 1.78. The van der Waals surface area contributed by atoms with E-state index in [1.54, 1.807) is 54.5 Å². The molecule has 178 valence electrons. The molecule has 0 unspecified atom stereocenters. The number of nitrogens with one attached hydrogen (secondary N) is 2. The van der Waals surface area contributed by atoms with E-state index in [-0.39, 0.29) is 4.90 Å². The van der Waals surface area contributed by atoms with Gasteiger partial charge in [0.2, 0.25) is 0 Å². The standard InChI is InChI=1S/C25H23N5O3S2/c1-17-6-8-21(9-7-17)35(32,33)29-25(31)27-20-5-2-4-19(16-20)23-22(18-10-12-26-13-11-18)24-30(28-23)14-3-15-34-24/h2,4-13,16H,3,14-15H2,1H3,(H2,27,29,31). The number of sulfonamides is 1. The predicted molar refractivity (Wildman–Crippen MR) is 137 cm³/mol. The number of hydrogen-bond donors (Lipinski definition) is 2. The number of carbonyl (C=O) groups is 1. The van der Waals surface area contributed by atoms with Crippen molar-refractivity contribution in [2.45, 2.75) is 29.8 Å². The molecule has 1 aliphatic rings. The molecule has 2 N–H and O–H groups in total. The number of thioether (sulfide) groups is 1. The van der Waals surface area contributed by atoms with E-state index in [1.807, 2.05) is 29.8 Å². The van der Waals surface area contributed by atoms with Crippen molar-refractivity contribution in [2.24, 2.45) is 0 Å². The molecule has 0 bridgehead atoms. The number of fused-ring (bicyclic) bond motifs is 1. The highest BCUT2D eigenvalue weighted by atomic mass is 32.2. The highest BCUT2D eigenvalue weighted by molar-refractivity contribution is 7.99. The molecular weight excluding hydrogens is 482 g/mol. The number of hydrogen-bond acceptors (Lipinski definition) is 6.